The molecular weight excluding hydrogens is 320 g/mol. The van der Waals surface area contributed by atoms with Crippen molar-refractivity contribution in [1.82, 2.24) is 0 Å². The summed E-state index contributed by atoms with van der Waals surface area (Å²) in [5.41, 5.74) is 16.0. The van der Waals surface area contributed by atoms with Crippen LogP contribution in [-0.4, -0.2) is 41.6 Å². The van der Waals surface area contributed by atoms with Gasteiger partial charge in [-0.1, -0.05) is 6.42 Å². The maximum Gasteiger partial charge on any atom is 0.330 e. The van der Waals surface area contributed by atoms with Crippen molar-refractivity contribution in [2.75, 3.05) is 6.54 Å². The summed E-state index contributed by atoms with van der Waals surface area (Å²) in [4.78, 5) is 33.0. The summed E-state index contributed by atoms with van der Waals surface area (Å²) in [6.07, 6.45) is 1.46. The monoisotopic (exact) mass is 339 g/mol. The first-order valence-electron chi connectivity index (χ1n) is 6.07. The number of rotatable bonds is 9. The molecule has 0 saturated heterocycles. The number of hydrogen-bond acceptors (Lipinski definition) is 7. The minimum atomic E-state index is -1.21. The zero-order chi connectivity index (χ0) is 14.8. The first-order valence-corrected chi connectivity index (χ1v) is 6.07. The van der Waals surface area contributed by atoms with E-state index >= 15 is 0 Å². The molecule has 0 rings (SSSR count). The normalized spacial score (nSPS) is 12.9. The zero-order valence-electron chi connectivity index (χ0n) is 11.4. The van der Waals surface area contributed by atoms with E-state index in [2.05, 4.69) is 4.74 Å². The van der Waals surface area contributed by atoms with Gasteiger partial charge in [-0.05, 0) is 25.8 Å². The molecule has 0 aromatic rings. The number of nitrogens with two attached hydrogens (primary N) is 3. The van der Waals surface area contributed by atoms with Crippen molar-refractivity contribution in [3.63, 3.8) is 0 Å². The number of carboxylic acids is 1. The van der Waals surface area contributed by atoms with Crippen LogP contribution in [0.1, 0.15) is 32.1 Å². The molecule has 0 bridgehead atoms. The minimum absolute atomic E-state index is 0. The predicted octanol–water partition coefficient (Wildman–Crippen LogP) is -1.30. The van der Waals surface area contributed by atoms with E-state index in [0.717, 1.165) is 6.42 Å². The largest absolute Gasteiger partial charge is 0.480 e. The number of carbonyl (C=O) groups excluding carboxylic acids is 2. The van der Waals surface area contributed by atoms with Crippen LogP contribution in [0.3, 0.4) is 0 Å². The van der Waals surface area contributed by atoms with Crippen molar-refractivity contribution in [2.24, 2.45) is 17.2 Å². The van der Waals surface area contributed by atoms with E-state index in [9.17, 15) is 14.4 Å². The summed E-state index contributed by atoms with van der Waals surface area (Å²) in [6.45, 7) is 0.508. The van der Waals surface area contributed by atoms with E-state index in [4.69, 9.17) is 22.3 Å². The van der Waals surface area contributed by atoms with Crippen molar-refractivity contribution in [3.05, 3.63) is 0 Å². The summed E-state index contributed by atoms with van der Waals surface area (Å²) >= 11 is 0. The fraction of sp³-hybridized carbons (Fsp3) is 0.727. The fourth-order valence-electron chi connectivity index (χ4n) is 1.26. The Balaban J connectivity index is 0. The second-order valence-electron chi connectivity index (χ2n) is 4.17. The van der Waals surface area contributed by atoms with E-state index < -0.39 is 30.0 Å². The van der Waals surface area contributed by atoms with E-state index in [-0.39, 0.29) is 32.3 Å². The van der Waals surface area contributed by atoms with Gasteiger partial charge in [0.05, 0.1) is 0 Å². The second kappa shape index (κ2) is 11.9. The van der Waals surface area contributed by atoms with Gasteiger partial charge >= 0.3 is 17.9 Å². The maximum absolute atomic E-state index is 11.4. The minimum Gasteiger partial charge on any atom is -0.480 e. The smallest absolute Gasteiger partial charge is 0.330 e. The Morgan fingerprint density at radius 2 is 1.65 bits per heavy atom. The van der Waals surface area contributed by atoms with Crippen molar-refractivity contribution < 1.29 is 43.7 Å². The van der Waals surface area contributed by atoms with Crippen LogP contribution in [0.4, 0.5) is 0 Å². The average molecular weight is 341 g/mol. The zero-order valence-corrected chi connectivity index (χ0v) is 14.4. The van der Waals surface area contributed by atoms with Gasteiger partial charge in [0.15, 0.2) is 0 Å². The molecule has 0 saturated carbocycles. The van der Waals surface area contributed by atoms with Crippen LogP contribution in [0.5, 0.6) is 0 Å². The summed E-state index contributed by atoms with van der Waals surface area (Å²) in [7, 11) is 0. The standard InChI is InChI=1S/C11H21N3O5.Zn/c12-6-2-1-3-8(14)11(18)19-9(15)5-4-7(13)10(16)17;/h7-8H,1-6,12-14H2,(H,16,17);/t7-,8-;/m0./s1. The van der Waals surface area contributed by atoms with Gasteiger partial charge in [0, 0.05) is 25.9 Å². The van der Waals surface area contributed by atoms with Gasteiger partial charge in [0.2, 0.25) is 0 Å². The molecule has 0 aromatic carbocycles. The number of aliphatic carboxylic acids is 1. The van der Waals surface area contributed by atoms with E-state index in [0.29, 0.717) is 19.4 Å². The van der Waals surface area contributed by atoms with E-state index in [1.165, 1.54) is 0 Å². The van der Waals surface area contributed by atoms with Crippen LogP contribution in [0.25, 0.3) is 0 Å². The first-order chi connectivity index (χ1) is 8.88. The third-order valence-corrected chi connectivity index (χ3v) is 2.46. The van der Waals surface area contributed by atoms with Gasteiger partial charge in [-0.15, -0.1) is 0 Å². The molecule has 0 fully saturated rings. The summed E-state index contributed by atoms with van der Waals surface area (Å²) in [5, 5.41) is 8.51. The Morgan fingerprint density at radius 1 is 1.05 bits per heavy atom. The van der Waals surface area contributed by atoms with Crippen molar-refractivity contribution in [3.8, 4) is 0 Å². The van der Waals surface area contributed by atoms with Gasteiger partial charge < -0.3 is 27.0 Å². The summed E-state index contributed by atoms with van der Waals surface area (Å²) < 4.78 is 4.49. The molecule has 8 nitrogen and oxygen atoms in total. The Morgan fingerprint density at radius 3 is 2.15 bits per heavy atom. The maximum atomic E-state index is 11.4. The van der Waals surface area contributed by atoms with Crippen LogP contribution in [0.15, 0.2) is 0 Å². The fourth-order valence-corrected chi connectivity index (χ4v) is 1.26. The Labute approximate surface area is 130 Å². The molecule has 0 aromatic heterocycles. The van der Waals surface area contributed by atoms with Crippen LogP contribution >= 0.6 is 0 Å². The SMILES string of the molecule is NCCCC[C@H](N)C(=O)OC(=O)CC[C@H](N)C(=O)O.[Zn]. The second-order valence-corrected chi connectivity index (χ2v) is 4.17. The molecule has 112 valence electrons. The van der Waals surface area contributed by atoms with Gasteiger partial charge in [-0.2, -0.15) is 0 Å². The van der Waals surface area contributed by atoms with Crippen molar-refractivity contribution >= 4 is 17.9 Å². The molecule has 0 aliphatic carbocycles. The number of unbranched alkanes of at least 4 members (excludes halogenated alkanes) is 1. The molecule has 0 unspecified atom stereocenters. The molecular formula is C11H21N3O5Zn. The molecule has 2 atom stereocenters. The van der Waals surface area contributed by atoms with Crippen LogP contribution < -0.4 is 17.2 Å². The van der Waals surface area contributed by atoms with E-state index in [1.54, 1.807) is 0 Å². The average Bonchev–Trinajstić information content (AvgIpc) is 2.35. The van der Waals surface area contributed by atoms with Gasteiger partial charge in [-0.3, -0.25) is 9.59 Å². The topological polar surface area (TPSA) is 159 Å². The third kappa shape index (κ3) is 9.97. The molecule has 0 radical (unpaired) electrons. The Bertz CT molecular complexity index is 327. The molecule has 20 heavy (non-hydrogen) atoms. The third-order valence-electron chi connectivity index (χ3n) is 2.46. The molecule has 7 N–H and O–H groups in total. The van der Waals surface area contributed by atoms with E-state index in [1.807, 2.05) is 0 Å². The Hall–Kier alpha value is -0.887. The van der Waals surface area contributed by atoms with Gasteiger partial charge in [0.25, 0.3) is 0 Å². The van der Waals surface area contributed by atoms with Crippen molar-refractivity contribution in [2.45, 2.75) is 44.2 Å². The molecule has 0 aliphatic rings. The summed E-state index contributed by atoms with van der Waals surface area (Å²) in [5.74, 6) is -2.85. The molecule has 0 amide bonds. The van der Waals surface area contributed by atoms with Gasteiger partial charge in [0.1, 0.15) is 12.1 Å². The number of ether oxygens (including phenoxy) is 1. The predicted molar refractivity (Wildman–Crippen MR) is 66.8 cm³/mol. The summed E-state index contributed by atoms with van der Waals surface area (Å²) in [6, 6.07) is -2.02. The molecule has 0 spiro atoms. The molecule has 0 heterocycles. The van der Waals surface area contributed by atoms with Crippen LogP contribution in [0, 0.1) is 0 Å². The number of carboxylic acid groups (broad SMARTS) is 1. The number of hydrogen-bond donors (Lipinski definition) is 4. The first kappa shape index (κ1) is 21.4. The van der Waals surface area contributed by atoms with Crippen LogP contribution in [0.2, 0.25) is 0 Å². The van der Waals surface area contributed by atoms with Gasteiger partial charge in [-0.25, -0.2) is 4.79 Å². The quantitative estimate of drug-likeness (QED) is 0.174. The van der Waals surface area contributed by atoms with Crippen LogP contribution in [-0.2, 0) is 38.6 Å². The Kier molecular flexibility index (Phi) is 12.7. The molecule has 0 aliphatic heterocycles. The number of esters is 2. The number of carbonyl (C=O) groups is 3. The molecule has 9 heteroatoms. The van der Waals surface area contributed by atoms with Crippen molar-refractivity contribution in [1.29, 1.82) is 0 Å².